The topological polar surface area (TPSA) is 49.4 Å². The molecule has 2 aliphatic rings. The lowest BCUT2D eigenvalue weighted by molar-refractivity contribution is 0.380. The third-order valence-electron chi connectivity index (χ3n) is 3.42. The second-order valence-electron chi connectivity index (χ2n) is 5.46. The molecule has 2 rings (SSSR count). The van der Waals surface area contributed by atoms with Gasteiger partial charge in [-0.05, 0) is 25.2 Å². The van der Waals surface area contributed by atoms with Gasteiger partial charge in [0, 0.05) is 25.2 Å². The van der Waals surface area contributed by atoms with Gasteiger partial charge in [-0.3, -0.25) is 0 Å². The Morgan fingerprint density at radius 2 is 1.94 bits per heavy atom. The van der Waals surface area contributed by atoms with Gasteiger partial charge in [0.15, 0.2) is 0 Å². The maximum absolute atomic E-state index is 12.1. The number of nitrogens with zero attached hydrogens (tertiary/aromatic N) is 1. The first-order valence-corrected chi connectivity index (χ1v) is 7.82. The summed E-state index contributed by atoms with van der Waals surface area (Å²) in [6.07, 6.45) is 3.30. The first kappa shape index (κ1) is 12.3. The fraction of sp³-hybridized carbons (Fsp3) is 1.00. The van der Waals surface area contributed by atoms with Crippen LogP contribution in [0, 0.1) is 5.92 Å². The maximum Gasteiger partial charge on any atom is 0.214 e. The van der Waals surface area contributed by atoms with Gasteiger partial charge in [-0.15, -0.1) is 0 Å². The molecule has 2 unspecified atom stereocenters. The Morgan fingerprint density at radius 1 is 1.25 bits per heavy atom. The van der Waals surface area contributed by atoms with Crippen molar-refractivity contribution in [3.8, 4) is 0 Å². The Kier molecular flexibility index (Phi) is 3.56. The van der Waals surface area contributed by atoms with Gasteiger partial charge in [0.25, 0.3) is 0 Å². The molecule has 2 fully saturated rings. The molecule has 0 aliphatic carbocycles. The van der Waals surface area contributed by atoms with Crippen LogP contribution in [0.1, 0.15) is 33.1 Å². The van der Waals surface area contributed by atoms with Gasteiger partial charge in [0.2, 0.25) is 10.0 Å². The van der Waals surface area contributed by atoms with Crippen LogP contribution in [0.25, 0.3) is 0 Å². The van der Waals surface area contributed by atoms with Crippen LogP contribution in [0.2, 0.25) is 0 Å². The lowest BCUT2D eigenvalue weighted by atomic mass is 10.1. The lowest BCUT2D eigenvalue weighted by Gasteiger charge is -2.24. The van der Waals surface area contributed by atoms with Crippen LogP contribution in [0.15, 0.2) is 0 Å². The van der Waals surface area contributed by atoms with Crippen molar-refractivity contribution in [1.29, 1.82) is 0 Å². The van der Waals surface area contributed by atoms with E-state index in [4.69, 9.17) is 0 Å². The molecular weight excluding hydrogens is 224 g/mol. The standard InChI is InChI=1S/C11H22N2O2S/c1-9(2)8-16(14,15)13-6-5-10-3-4-11(7-13)12-10/h9-12H,3-8H2,1-2H3. The monoisotopic (exact) mass is 246 g/mol. The summed E-state index contributed by atoms with van der Waals surface area (Å²) in [4.78, 5) is 0. The molecule has 2 atom stereocenters. The number of hydrogen-bond donors (Lipinski definition) is 1. The molecule has 0 aromatic rings. The van der Waals surface area contributed by atoms with Crippen LogP contribution in [0.5, 0.6) is 0 Å². The van der Waals surface area contributed by atoms with Crippen molar-refractivity contribution in [2.75, 3.05) is 18.8 Å². The number of sulfonamides is 1. The van der Waals surface area contributed by atoms with E-state index in [0.717, 1.165) is 12.8 Å². The number of hydrogen-bond acceptors (Lipinski definition) is 3. The Morgan fingerprint density at radius 3 is 2.62 bits per heavy atom. The molecule has 0 aromatic heterocycles. The van der Waals surface area contributed by atoms with E-state index in [1.165, 1.54) is 6.42 Å². The first-order chi connectivity index (χ1) is 7.47. The summed E-state index contributed by atoms with van der Waals surface area (Å²) < 4.78 is 25.9. The van der Waals surface area contributed by atoms with E-state index in [-0.39, 0.29) is 11.7 Å². The summed E-state index contributed by atoms with van der Waals surface area (Å²) in [5.41, 5.74) is 0. The van der Waals surface area contributed by atoms with Gasteiger partial charge in [-0.1, -0.05) is 13.8 Å². The highest BCUT2D eigenvalue weighted by molar-refractivity contribution is 7.89. The zero-order chi connectivity index (χ0) is 11.8. The SMILES string of the molecule is CC(C)CS(=O)(=O)N1CCC2CCC(C1)N2. The Hall–Kier alpha value is -0.130. The molecule has 2 saturated heterocycles. The molecular formula is C11H22N2O2S. The van der Waals surface area contributed by atoms with E-state index >= 15 is 0 Å². The first-order valence-electron chi connectivity index (χ1n) is 6.21. The third kappa shape index (κ3) is 2.76. The molecule has 0 saturated carbocycles. The molecule has 0 radical (unpaired) electrons. The van der Waals surface area contributed by atoms with Crippen LogP contribution in [-0.2, 0) is 10.0 Å². The van der Waals surface area contributed by atoms with Crippen molar-refractivity contribution in [1.82, 2.24) is 9.62 Å². The van der Waals surface area contributed by atoms with E-state index in [0.29, 0.717) is 25.2 Å². The molecule has 2 heterocycles. The van der Waals surface area contributed by atoms with Crippen molar-refractivity contribution in [3.63, 3.8) is 0 Å². The van der Waals surface area contributed by atoms with Gasteiger partial charge in [-0.25, -0.2) is 12.7 Å². The van der Waals surface area contributed by atoms with Gasteiger partial charge in [0.1, 0.15) is 0 Å². The zero-order valence-corrected chi connectivity index (χ0v) is 11.0. The second-order valence-corrected chi connectivity index (χ2v) is 7.47. The van der Waals surface area contributed by atoms with E-state index < -0.39 is 10.0 Å². The molecule has 2 aliphatic heterocycles. The average molecular weight is 246 g/mol. The van der Waals surface area contributed by atoms with Gasteiger partial charge in [-0.2, -0.15) is 0 Å². The summed E-state index contributed by atoms with van der Waals surface area (Å²) in [7, 11) is -3.04. The predicted molar refractivity (Wildman–Crippen MR) is 64.8 cm³/mol. The number of fused-ring (bicyclic) bond motifs is 2. The van der Waals surface area contributed by atoms with Crippen molar-refractivity contribution in [3.05, 3.63) is 0 Å². The summed E-state index contributed by atoms with van der Waals surface area (Å²) in [6.45, 7) is 5.29. The zero-order valence-electron chi connectivity index (χ0n) is 10.1. The van der Waals surface area contributed by atoms with Gasteiger partial charge >= 0.3 is 0 Å². The van der Waals surface area contributed by atoms with Crippen LogP contribution in [-0.4, -0.2) is 43.6 Å². The summed E-state index contributed by atoms with van der Waals surface area (Å²) in [5, 5.41) is 3.50. The van der Waals surface area contributed by atoms with Crippen molar-refractivity contribution in [2.24, 2.45) is 5.92 Å². The highest BCUT2D eigenvalue weighted by Gasteiger charge is 2.34. The summed E-state index contributed by atoms with van der Waals surface area (Å²) in [5.74, 6) is 0.489. The highest BCUT2D eigenvalue weighted by Crippen LogP contribution is 2.22. The van der Waals surface area contributed by atoms with Crippen LogP contribution in [0.3, 0.4) is 0 Å². The van der Waals surface area contributed by atoms with Gasteiger partial charge in [0.05, 0.1) is 5.75 Å². The lowest BCUT2D eigenvalue weighted by Crippen LogP contribution is -2.40. The normalized spacial score (nSPS) is 31.9. The number of nitrogens with one attached hydrogen (secondary N) is 1. The fourth-order valence-corrected chi connectivity index (χ4v) is 4.53. The minimum Gasteiger partial charge on any atom is -0.310 e. The molecule has 4 nitrogen and oxygen atoms in total. The molecule has 0 aromatic carbocycles. The summed E-state index contributed by atoms with van der Waals surface area (Å²) >= 11 is 0. The molecule has 0 amide bonds. The molecule has 94 valence electrons. The minimum absolute atomic E-state index is 0.207. The van der Waals surface area contributed by atoms with E-state index in [1.54, 1.807) is 4.31 Å². The van der Waals surface area contributed by atoms with Crippen molar-refractivity contribution < 1.29 is 8.42 Å². The van der Waals surface area contributed by atoms with Crippen LogP contribution in [0.4, 0.5) is 0 Å². The predicted octanol–water partition coefficient (Wildman–Crippen LogP) is 0.798. The van der Waals surface area contributed by atoms with E-state index in [1.807, 2.05) is 13.8 Å². The number of rotatable bonds is 3. The van der Waals surface area contributed by atoms with E-state index in [2.05, 4.69) is 5.32 Å². The second kappa shape index (κ2) is 4.63. The molecule has 0 spiro atoms. The quantitative estimate of drug-likeness (QED) is 0.801. The summed E-state index contributed by atoms with van der Waals surface area (Å²) in [6, 6.07) is 0.929. The Balaban J connectivity index is 2.04. The molecule has 2 bridgehead atoms. The van der Waals surface area contributed by atoms with Crippen LogP contribution >= 0.6 is 0 Å². The van der Waals surface area contributed by atoms with Crippen molar-refractivity contribution >= 4 is 10.0 Å². The Labute approximate surface area is 98.4 Å². The van der Waals surface area contributed by atoms with Gasteiger partial charge < -0.3 is 5.32 Å². The molecule has 5 heteroatoms. The molecule has 16 heavy (non-hydrogen) atoms. The smallest absolute Gasteiger partial charge is 0.214 e. The third-order valence-corrected chi connectivity index (χ3v) is 5.63. The Bertz CT molecular complexity index is 340. The highest BCUT2D eigenvalue weighted by atomic mass is 32.2. The maximum atomic E-state index is 12.1. The minimum atomic E-state index is -3.04. The van der Waals surface area contributed by atoms with E-state index in [9.17, 15) is 8.42 Å². The average Bonchev–Trinajstić information content (AvgIpc) is 2.42. The fourth-order valence-electron chi connectivity index (χ4n) is 2.69. The largest absolute Gasteiger partial charge is 0.310 e. The van der Waals surface area contributed by atoms with Crippen molar-refractivity contribution in [2.45, 2.75) is 45.2 Å². The molecule has 1 N–H and O–H groups in total. The van der Waals surface area contributed by atoms with Crippen LogP contribution < -0.4 is 5.32 Å².